The van der Waals surface area contributed by atoms with E-state index in [0.717, 1.165) is 15.3 Å². The van der Waals surface area contributed by atoms with Gasteiger partial charge < -0.3 is 0 Å². The number of rotatable bonds is 4. The van der Waals surface area contributed by atoms with Gasteiger partial charge in [-0.15, -0.1) is 11.3 Å². The first-order valence-corrected chi connectivity index (χ1v) is 8.05. The van der Waals surface area contributed by atoms with Crippen molar-refractivity contribution >= 4 is 39.8 Å². The molecule has 104 valence electrons. The molecule has 1 aromatic carbocycles. The zero-order chi connectivity index (χ0) is 14.5. The van der Waals surface area contributed by atoms with Gasteiger partial charge in [-0.25, -0.2) is 4.98 Å². The zero-order valence-corrected chi connectivity index (χ0v) is 12.7. The van der Waals surface area contributed by atoms with E-state index in [-0.39, 0.29) is 5.91 Å². The predicted octanol–water partition coefficient (Wildman–Crippen LogP) is 4.52. The fourth-order valence-electron chi connectivity index (χ4n) is 1.76. The lowest BCUT2D eigenvalue weighted by molar-refractivity contribution is -0.111. The van der Waals surface area contributed by atoms with Crippen LogP contribution in [-0.2, 0) is 4.79 Å². The molecule has 21 heavy (non-hydrogen) atoms. The van der Waals surface area contributed by atoms with Crippen LogP contribution in [-0.4, -0.2) is 10.9 Å². The Morgan fingerprint density at radius 1 is 1.14 bits per heavy atom. The maximum Gasteiger partial charge on any atom is 0.250 e. The number of hydrogen-bond acceptors (Lipinski definition) is 4. The van der Waals surface area contributed by atoms with Crippen molar-refractivity contribution in [2.75, 3.05) is 5.32 Å². The molecule has 0 aliphatic rings. The summed E-state index contributed by atoms with van der Waals surface area (Å²) in [5.41, 5.74) is 1.10. The molecule has 0 bridgehead atoms. The first kappa shape index (κ1) is 13.7. The molecule has 0 aliphatic carbocycles. The summed E-state index contributed by atoms with van der Waals surface area (Å²) < 4.78 is 0. The van der Waals surface area contributed by atoms with Crippen LogP contribution in [0, 0.1) is 0 Å². The summed E-state index contributed by atoms with van der Waals surface area (Å²) in [6, 6.07) is 13.9. The summed E-state index contributed by atoms with van der Waals surface area (Å²) in [7, 11) is 0. The average molecular weight is 312 g/mol. The monoisotopic (exact) mass is 312 g/mol. The molecule has 3 nitrogen and oxygen atoms in total. The highest BCUT2D eigenvalue weighted by Crippen LogP contribution is 2.28. The normalized spacial score (nSPS) is 10.9. The molecule has 1 N–H and O–H groups in total. The smallest absolute Gasteiger partial charge is 0.250 e. The SMILES string of the molecule is O=C(C=Cc1cccs1)Nc1ncc(-c2ccccc2)s1. The molecule has 0 aliphatic heterocycles. The Hall–Kier alpha value is -2.24. The molecule has 0 spiro atoms. The lowest BCUT2D eigenvalue weighted by Crippen LogP contribution is -2.06. The number of nitrogens with zero attached hydrogens (tertiary/aromatic N) is 1. The maximum absolute atomic E-state index is 11.8. The van der Waals surface area contributed by atoms with Crippen molar-refractivity contribution in [3.63, 3.8) is 0 Å². The van der Waals surface area contributed by atoms with Gasteiger partial charge in [-0.05, 0) is 23.1 Å². The maximum atomic E-state index is 11.8. The van der Waals surface area contributed by atoms with Gasteiger partial charge in [0.25, 0.3) is 0 Å². The van der Waals surface area contributed by atoms with Crippen molar-refractivity contribution < 1.29 is 4.79 Å². The Labute approximate surface area is 130 Å². The van der Waals surface area contributed by atoms with Gasteiger partial charge in [0.15, 0.2) is 5.13 Å². The third kappa shape index (κ3) is 3.65. The van der Waals surface area contributed by atoms with E-state index < -0.39 is 0 Å². The molecule has 0 atom stereocenters. The number of carbonyl (C=O) groups is 1. The number of aromatic nitrogens is 1. The van der Waals surface area contributed by atoms with Crippen LogP contribution in [0.4, 0.5) is 5.13 Å². The van der Waals surface area contributed by atoms with E-state index in [2.05, 4.69) is 10.3 Å². The quantitative estimate of drug-likeness (QED) is 0.719. The van der Waals surface area contributed by atoms with Gasteiger partial charge in [-0.1, -0.05) is 47.7 Å². The van der Waals surface area contributed by atoms with Gasteiger partial charge in [0.05, 0.1) is 4.88 Å². The van der Waals surface area contributed by atoms with E-state index in [9.17, 15) is 4.79 Å². The minimum atomic E-state index is -0.169. The highest BCUT2D eigenvalue weighted by molar-refractivity contribution is 7.19. The second kappa shape index (κ2) is 6.47. The Morgan fingerprint density at radius 3 is 2.76 bits per heavy atom. The molecule has 0 saturated carbocycles. The number of thiazole rings is 1. The highest BCUT2D eigenvalue weighted by atomic mass is 32.1. The number of hydrogen-bond donors (Lipinski definition) is 1. The topological polar surface area (TPSA) is 42.0 Å². The lowest BCUT2D eigenvalue weighted by Gasteiger charge is -1.96. The molecule has 0 saturated heterocycles. The van der Waals surface area contributed by atoms with E-state index in [1.807, 2.05) is 47.8 Å². The fraction of sp³-hybridized carbons (Fsp3) is 0. The van der Waals surface area contributed by atoms with Crippen molar-refractivity contribution in [2.45, 2.75) is 0 Å². The minimum absolute atomic E-state index is 0.169. The molecule has 0 radical (unpaired) electrons. The van der Waals surface area contributed by atoms with Crippen LogP contribution < -0.4 is 5.32 Å². The molecule has 1 amide bonds. The molecule has 3 rings (SSSR count). The van der Waals surface area contributed by atoms with Gasteiger partial charge >= 0.3 is 0 Å². The van der Waals surface area contributed by atoms with Crippen molar-refractivity contribution in [3.8, 4) is 10.4 Å². The van der Waals surface area contributed by atoms with E-state index in [4.69, 9.17) is 0 Å². The predicted molar refractivity (Wildman–Crippen MR) is 89.5 cm³/mol. The van der Waals surface area contributed by atoms with Crippen LogP contribution in [0.15, 0.2) is 60.1 Å². The summed E-state index contributed by atoms with van der Waals surface area (Å²) in [5.74, 6) is -0.169. The highest BCUT2D eigenvalue weighted by Gasteiger charge is 2.05. The molecule has 5 heteroatoms. The van der Waals surface area contributed by atoms with E-state index in [0.29, 0.717) is 5.13 Å². The molecule has 0 fully saturated rings. The molecule has 2 aromatic heterocycles. The third-order valence-corrected chi connectivity index (χ3v) is 4.54. The second-order valence-electron chi connectivity index (χ2n) is 4.23. The minimum Gasteiger partial charge on any atom is -0.298 e. The molecular weight excluding hydrogens is 300 g/mol. The third-order valence-electron chi connectivity index (χ3n) is 2.74. The van der Waals surface area contributed by atoms with E-state index in [1.54, 1.807) is 23.6 Å². The number of carbonyl (C=O) groups excluding carboxylic acids is 1. The van der Waals surface area contributed by atoms with Crippen molar-refractivity contribution in [1.29, 1.82) is 0 Å². The van der Waals surface area contributed by atoms with E-state index >= 15 is 0 Å². The number of nitrogens with one attached hydrogen (secondary N) is 1. The van der Waals surface area contributed by atoms with Gasteiger partial charge in [-0.3, -0.25) is 10.1 Å². The van der Waals surface area contributed by atoms with Crippen LogP contribution >= 0.6 is 22.7 Å². The van der Waals surface area contributed by atoms with Crippen molar-refractivity contribution in [3.05, 3.63) is 65.0 Å². The van der Waals surface area contributed by atoms with Crippen LogP contribution in [0.2, 0.25) is 0 Å². The van der Waals surface area contributed by atoms with Gasteiger partial charge in [-0.2, -0.15) is 0 Å². The largest absolute Gasteiger partial charge is 0.298 e. The van der Waals surface area contributed by atoms with Gasteiger partial charge in [0, 0.05) is 17.2 Å². The number of benzene rings is 1. The summed E-state index contributed by atoms with van der Waals surface area (Å²) in [4.78, 5) is 18.1. The Kier molecular flexibility index (Phi) is 4.23. The molecule has 3 aromatic rings. The Balaban J connectivity index is 1.66. The van der Waals surface area contributed by atoms with E-state index in [1.165, 1.54) is 17.4 Å². The van der Waals surface area contributed by atoms with Gasteiger partial charge in [0.2, 0.25) is 5.91 Å². The summed E-state index contributed by atoms with van der Waals surface area (Å²) >= 11 is 3.06. The zero-order valence-electron chi connectivity index (χ0n) is 11.0. The summed E-state index contributed by atoms with van der Waals surface area (Å²) in [5, 5.41) is 5.36. The first-order valence-electron chi connectivity index (χ1n) is 6.35. The summed E-state index contributed by atoms with van der Waals surface area (Å²) in [6.45, 7) is 0. The van der Waals surface area contributed by atoms with Crippen molar-refractivity contribution in [1.82, 2.24) is 4.98 Å². The van der Waals surface area contributed by atoms with Crippen LogP contribution in [0.5, 0.6) is 0 Å². The van der Waals surface area contributed by atoms with Crippen LogP contribution in [0.1, 0.15) is 4.88 Å². The fourth-order valence-corrected chi connectivity index (χ4v) is 3.20. The molecule has 0 unspecified atom stereocenters. The molecule has 2 heterocycles. The Morgan fingerprint density at radius 2 is 2.00 bits per heavy atom. The van der Waals surface area contributed by atoms with Crippen molar-refractivity contribution in [2.24, 2.45) is 0 Å². The summed E-state index contributed by atoms with van der Waals surface area (Å²) in [6.07, 6.45) is 5.10. The second-order valence-corrected chi connectivity index (χ2v) is 6.24. The number of thiophene rings is 1. The average Bonchev–Trinajstić information content (AvgIpc) is 3.17. The number of anilines is 1. The Bertz CT molecular complexity index is 746. The van der Waals surface area contributed by atoms with Gasteiger partial charge in [0.1, 0.15) is 0 Å². The standard InChI is InChI=1S/C16H12N2OS2/c19-15(9-8-13-7-4-10-20-13)18-16-17-11-14(21-16)12-5-2-1-3-6-12/h1-11H,(H,17,18,19). The lowest BCUT2D eigenvalue weighted by atomic mass is 10.2. The van der Waals surface area contributed by atoms with Crippen LogP contribution in [0.25, 0.3) is 16.5 Å². The number of amides is 1. The van der Waals surface area contributed by atoms with Crippen LogP contribution in [0.3, 0.4) is 0 Å². The molecular formula is C16H12N2OS2. The first-order chi connectivity index (χ1) is 10.3.